The number of methoxy groups -OCH3 is 2. The van der Waals surface area contributed by atoms with Gasteiger partial charge in [-0.25, -0.2) is 0 Å². The van der Waals surface area contributed by atoms with Gasteiger partial charge in [0.2, 0.25) is 0 Å². The van der Waals surface area contributed by atoms with E-state index in [4.69, 9.17) is 15.2 Å². The summed E-state index contributed by atoms with van der Waals surface area (Å²) in [4.78, 5) is 2.44. The molecule has 1 rings (SSSR count). The maximum atomic E-state index is 5.98. The normalized spacial score (nSPS) is 21.4. The van der Waals surface area contributed by atoms with Crippen molar-refractivity contribution in [2.24, 2.45) is 5.73 Å². The van der Waals surface area contributed by atoms with Gasteiger partial charge in [-0.3, -0.25) is 4.90 Å². The van der Waals surface area contributed by atoms with Gasteiger partial charge in [0.05, 0.1) is 0 Å². The number of hydrogen-bond acceptors (Lipinski definition) is 4. The summed E-state index contributed by atoms with van der Waals surface area (Å²) >= 11 is 0. The molecule has 0 saturated heterocycles. The quantitative estimate of drug-likeness (QED) is 0.691. The molecule has 1 unspecified atom stereocenters. The zero-order valence-corrected chi connectivity index (χ0v) is 11.7. The van der Waals surface area contributed by atoms with Crippen molar-refractivity contribution in [1.29, 1.82) is 0 Å². The van der Waals surface area contributed by atoms with Crippen LogP contribution >= 0.6 is 0 Å². The Bertz CT molecular complexity index is 215. The first kappa shape index (κ1) is 14.9. The number of ether oxygens (including phenoxy) is 2. The van der Waals surface area contributed by atoms with Crippen LogP contribution in [0.15, 0.2) is 0 Å². The molecule has 0 radical (unpaired) electrons. The van der Waals surface area contributed by atoms with E-state index in [2.05, 4.69) is 18.9 Å². The van der Waals surface area contributed by atoms with Crippen LogP contribution in [0.5, 0.6) is 0 Å². The molecule has 0 aromatic carbocycles. The number of nitrogens with zero attached hydrogens (tertiary/aromatic N) is 1. The Morgan fingerprint density at radius 1 is 1.29 bits per heavy atom. The zero-order chi connectivity index (χ0) is 12.9. The summed E-state index contributed by atoms with van der Waals surface area (Å²) in [6, 6.07) is 0.665. The van der Waals surface area contributed by atoms with Crippen LogP contribution in [-0.2, 0) is 9.47 Å². The minimum Gasteiger partial charge on any atom is -0.356 e. The average Bonchev–Trinajstić information content (AvgIpc) is 2.88. The highest BCUT2D eigenvalue weighted by atomic mass is 16.7. The molecule has 0 aliphatic heterocycles. The lowest BCUT2D eigenvalue weighted by molar-refractivity contribution is -0.129. The molecule has 4 heteroatoms. The molecule has 17 heavy (non-hydrogen) atoms. The number of rotatable bonds is 7. The molecule has 1 atom stereocenters. The van der Waals surface area contributed by atoms with Crippen molar-refractivity contribution < 1.29 is 9.47 Å². The van der Waals surface area contributed by atoms with Crippen LogP contribution in [0.2, 0.25) is 0 Å². The molecule has 1 fully saturated rings. The fourth-order valence-corrected chi connectivity index (χ4v) is 2.73. The van der Waals surface area contributed by atoms with Crippen molar-refractivity contribution in [1.82, 2.24) is 4.90 Å². The molecule has 0 aromatic heterocycles. The van der Waals surface area contributed by atoms with Gasteiger partial charge in [0.1, 0.15) is 0 Å². The summed E-state index contributed by atoms with van der Waals surface area (Å²) in [6.45, 7) is 2.83. The lowest BCUT2D eigenvalue weighted by Gasteiger charge is -2.43. The Morgan fingerprint density at radius 3 is 2.24 bits per heavy atom. The van der Waals surface area contributed by atoms with Crippen molar-refractivity contribution >= 4 is 0 Å². The lowest BCUT2D eigenvalue weighted by Crippen LogP contribution is -2.55. The minimum absolute atomic E-state index is 0.0499. The molecule has 1 saturated carbocycles. The van der Waals surface area contributed by atoms with E-state index in [1.807, 2.05) is 0 Å². The van der Waals surface area contributed by atoms with Crippen LogP contribution in [0.25, 0.3) is 0 Å². The predicted molar refractivity (Wildman–Crippen MR) is 69.9 cm³/mol. The molecule has 102 valence electrons. The van der Waals surface area contributed by atoms with Crippen molar-refractivity contribution in [3.63, 3.8) is 0 Å². The van der Waals surface area contributed by atoms with Gasteiger partial charge in [-0.05, 0) is 26.8 Å². The van der Waals surface area contributed by atoms with Gasteiger partial charge in [0.25, 0.3) is 0 Å². The number of likely N-dealkylation sites (N-methyl/N-ethyl adjacent to an activating group) is 1. The third kappa shape index (κ3) is 3.65. The minimum atomic E-state index is -0.174. The van der Waals surface area contributed by atoms with E-state index < -0.39 is 0 Å². The van der Waals surface area contributed by atoms with Gasteiger partial charge in [0.15, 0.2) is 6.29 Å². The topological polar surface area (TPSA) is 47.7 Å². The van der Waals surface area contributed by atoms with Gasteiger partial charge >= 0.3 is 0 Å². The van der Waals surface area contributed by atoms with Crippen LogP contribution in [-0.4, -0.2) is 50.6 Å². The van der Waals surface area contributed by atoms with Crippen molar-refractivity contribution in [3.05, 3.63) is 0 Å². The molecule has 0 spiro atoms. The first-order chi connectivity index (χ1) is 8.07. The summed E-state index contributed by atoms with van der Waals surface area (Å²) in [5, 5.41) is 0. The fourth-order valence-electron chi connectivity index (χ4n) is 2.73. The summed E-state index contributed by atoms with van der Waals surface area (Å²) < 4.78 is 10.6. The predicted octanol–water partition coefficient (Wildman–Crippen LogP) is 1.59. The van der Waals surface area contributed by atoms with E-state index in [1.165, 1.54) is 25.7 Å². The first-order valence-corrected chi connectivity index (χ1v) is 6.56. The standard InChI is InChI=1S/C13H28N2O2/c1-13(10-14,9-12(16-3)17-4)15(2)11-7-5-6-8-11/h11-12H,5-10,14H2,1-4H3. The monoisotopic (exact) mass is 244 g/mol. The molecule has 0 heterocycles. The van der Waals surface area contributed by atoms with Gasteiger partial charge < -0.3 is 15.2 Å². The molecule has 2 N–H and O–H groups in total. The maximum absolute atomic E-state index is 5.98. The summed E-state index contributed by atoms with van der Waals surface area (Å²) in [5.74, 6) is 0. The molecule has 1 aliphatic carbocycles. The smallest absolute Gasteiger partial charge is 0.158 e. The van der Waals surface area contributed by atoms with E-state index in [-0.39, 0.29) is 11.8 Å². The van der Waals surface area contributed by atoms with Crippen molar-refractivity contribution in [2.75, 3.05) is 27.8 Å². The Kier molecular flexibility index (Phi) is 5.86. The third-order valence-corrected chi connectivity index (χ3v) is 4.30. The van der Waals surface area contributed by atoms with Crippen LogP contribution < -0.4 is 5.73 Å². The molecule has 4 nitrogen and oxygen atoms in total. The molecule has 0 bridgehead atoms. The second-order valence-corrected chi connectivity index (χ2v) is 5.36. The van der Waals surface area contributed by atoms with Crippen molar-refractivity contribution in [3.8, 4) is 0 Å². The summed E-state index contributed by atoms with van der Waals surface area (Å²) in [5.41, 5.74) is 5.93. The highest BCUT2D eigenvalue weighted by Crippen LogP contribution is 2.30. The zero-order valence-electron chi connectivity index (χ0n) is 11.7. The van der Waals surface area contributed by atoms with Gasteiger partial charge in [-0.1, -0.05) is 12.8 Å². The molecule has 1 aliphatic rings. The Hall–Kier alpha value is -0.160. The Labute approximate surface area is 105 Å². The van der Waals surface area contributed by atoms with Gasteiger partial charge in [-0.15, -0.1) is 0 Å². The number of nitrogens with two attached hydrogens (primary N) is 1. The third-order valence-electron chi connectivity index (χ3n) is 4.30. The SMILES string of the molecule is COC(CC(C)(CN)N(C)C1CCCC1)OC. The average molecular weight is 244 g/mol. The van der Waals surface area contributed by atoms with Crippen LogP contribution in [0.3, 0.4) is 0 Å². The number of hydrogen-bond donors (Lipinski definition) is 1. The highest BCUT2D eigenvalue weighted by Gasteiger charge is 2.36. The second-order valence-electron chi connectivity index (χ2n) is 5.36. The highest BCUT2D eigenvalue weighted by molar-refractivity contribution is 4.91. The molecule has 0 aromatic rings. The molecular formula is C13H28N2O2. The Balaban J connectivity index is 2.64. The first-order valence-electron chi connectivity index (χ1n) is 6.56. The van der Waals surface area contributed by atoms with E-state index in [1.54, 1.807) is 14.2 Å². The lowest BCUT2D eigenvalue weighted by atomic mass is 9.93. The van der Waals surface area contributed by atoms with E-state index in [0.717, 1.165) is 6.42 Å². The van der Waals surface area contributed by atoms with Crippen LogP contribution in [0, 0.1) is 0 Å². The Morgan fingerprint density at radius 2 is 1.82 bits per heavy atom. The summed E-state index contributed by atoms with van der Waals surface area (Å²) in [7, 11) is 5.55. The fraction of sp³-hybridized carbons (Fsp3) is 1.00. The second kappa shape index (κ2) is 6.69. The maximum Gasteiger partial charge on any atom is 0.158 e. The van der Waals surface area contributed by atoms with Gasteiger partial charge in [-0.2, -0.15) is 0 Å². The molecule has 0 amide bonds. The van der Waals surface area contributed by atoms with E-state index >= 15 is 0 Å². The van der Waals surface area contributed by atoms with E-state index in [9.17, 15) is 0 Å². The summed E-state index contributed by atoms with van der Waals surface area (Å²) in [6.07, 6.45) is 5.89. The molecular weight excluding hydrogens is 216 g/mol. The van der Waals surface area contributed by atoms with E-state index in [0.29, 0.717) is 12.6 Å². The van der Waals surface area contributed by atoms with Crippen LogP contribution in [0.4, 0.5) is 0 Å². The van der Waals surface area contributed by atoms with Crippen molar-refractivity contribution in [2.45, 2.75) is 56.9 Å². The largest absolute Gasteiger partial charge is 0.356 e. The van der Waals surface area contributed by atoms with Gasteiger partial charge in [0, 0.05) is 38.8 Å². The van der Waals surface area contributed by atoms with Crippen LogP contribution in [0.1, 0.15) is 39.0 Å².